The molecule has 12 heteroatoms. The van der Waals surface area contributed by atoms with E-state index >= 15 is 0 Å². The average Bonchev–Trinajstić information content (AvgIpc) is 3.28. The molecule has 0 bridgehead atoms. The number of piperazine rings is 1. The molecule has 0 radical (unpaired) electrons. The third kappa shape index (κ3) is 5.65. The number of imidazole rings is 1. The zero-order valence-electron chi connectivity index (χ0n) is 23.9. The summed E-state index contributed by atoms with van der Waals surface area (Å²) >= 11 is 6.50. The van der Waals surface area contributed by atoms with Crippen LogP contribution >= 0.6 is 11.6 Å². The van der Waals surface area contributed by atoms with E-state index in [-0.39, 0.29) is 24.0 Å². The zero-order chi connectivity index (χ0) is 28.8. The molecule has 214 valence electrons. The first kappa shape index (κ1) is 27.9. The molecule has 2 fully saturated rings. The van der Waals surface area contributed by atoms with E-state index in [0.29, 0.717) is 49.5 Å². The van der Waals surface area contributed by atoms with Gasteiger partial charge < -0.3 is 29.2 Å². The van der Waals surface area contributed by atoms with Gasteiger partial charge in [-0.15, -0.1) is 0 Å². The lowest BCUT2D eigenvalue weighted by atomic mass is 9.95. The predicted octanol–water partition coefficient (Wildman–Crippen LogP) is 3.71. The second-order valence-electron chi connectivity index (χ2n) is 12.1. The molecular formula is C28H37ClN8O3. The van der Waals surface area contributed by atoms with E-state index < -0.39 is 11.1 Å². The summed E-state index contributed by atoms with van der Waals surface area (Å²) in [5.74, 6) is 0.949. The van der Waals surface area contributed by atoms with Crippen LogP contribution in [0.4, 0.5) is 16.6 Å². The molecule has 0 unspecified atom stereocenters. The van der Waals surface area contributed by atoms with Gasteiger partial charge in [0.1, 0.15) is 16.3 Å². The molecule has 1 atom stereocenters. The quantitative estimate of drug-likeness (QED) is 0.496. The van der Waals surface area contributed by atoms with Crippen molar-refractivity contribution in [1.29, 1.82) is 0 Å². The van der Waals surface area contributed by atoms with E-state index in [9.17, 15) is 9.59 Å². The minimum atomic E-state index is -0.602. The van der Waals surface area contributed by atoms with Crippen molar-refractivity contribution in [3.63, 3.8) is 0 Å². The SMILES string of the molecule is C[C@@H]1CN(C(=O)OC(C)(C)C)CCN1c1ncc(Cl)c(N2CC(C(=O)NC(C)(C)c3cnc4ccccn34)C2)n1. The number of rotatable bonds is 5. The summed E-state index contributed by atoms with van der Waals surface area (Å²) in [4.78, 5) is 45.2. The number of amides is 2. The number of carbonyl (C=O) groups excluding carboxylic acids is 2. The second-order valence-corrected chi connectivity index (χ2v) is 12.5. The number of fused-ring (bicyclic) bond motifs is 1. The zero-order valence-corrected chi connectivity index (χ0v) is 24.6. The van der Waals surface area contributed by atoms with Crippen LogP contribution in [0.2, 0.25) is 5.02 Å². The maximum Gasteiger partial charge on any atom is 0.410 e. The highest BCUT2D eigenvalue weighted by molar-refractivity contribution is 6.32. The van der Waals surface area contributed by atoms with Crippen LogP contribution in [0.5, 0.6) is 0 Å². The van der Waals surface area contributed by atoms with Gasteiger partial charge >= 0.3 is 6.09 Å². The fraction of sp³-hybridized carbons (Fsp3) is 0.536. The van der Waals surface area contributed by atoms with Crippen LogP contribution in [0, 0.1) is 5.92 Å². The van der Waals surface area contributed by atoms with Crippen molar-refractivity contribution in [2.45, 2.75) is 58.7 Å². The Labute approximate surface area is 239 Å². The fourth-order valence-corrected chi connectivity index (χ4v) is 5.35. The Morgan fingerprint density at radius 1 is 1.05 bits per heavy atom. The molecule has 0 aliphatic carbocycles. The Morgan fingerprint density at radius 3 is 2.50 bits per heavy atom. The Bertz CT molecular complexity index is 1410. The molecule has 5 heterocycles. The van der Waals surface area contributed by atoms with Crippen molar-refractivity contribution >= 4 is 41.0 Å². The van der Waals surface area contributed by atoms with Gasteiger partial charge in [0.15, 0.2) is 5.82 Å². The van der Waals surface area contributed by atoms with Gasteiger partial charge in [0.25, 0.3) is 0 Å². The lowest BCUT2D eigenvalue weighted by Crippen LogP contribution is -2.57. The van der Waals surface area contributed by atoms with E-state index in [1.807, 2.05) is 75.2 Å². The largest absolute Gasteiger partial charge is 0.444 e. The summed E-state index contributed by atoms with van der Waals surface area (Å²) in [5, 5.41) is 3.63. The van der Waals surface area contributed by atoms with E-state index in [1.165, 1.54) is 0 Å². The van der Waals surface area contributed by atoms with Crippen LogP contribution < -0.4 is 15.1 Å². The topological polar surface area (TPSA) is 108 Å². The lowest BCUT2D eigenvalue weighted by Gasteiger charge is -2.42. The van der Waals surface area contributed by atoms with E-state index in [1.54, 1.807) is 17.3 Å². The maximum absolute atomic E-state index is 13.2. The highest BCUT2D eigenvalue weighted by atomic mass is 35.5. The molecule has 3 aromatic rings. The van der Waals surface area contributed by atoms with Gasteiger partial charge in [-0.1, -0.05) is 17.7 Å². The summed E-state index contributed by atoms with van der Waals surface area (Å²) in [5.41, 5.74) is 0.609. The summed E-state index contributed by atoms with van der Waals surface area (Å²) < 4.78 is 7.52. The Morgan fingerprint density at radius 2 is 1.80 bits per heavy atom. The molecule has 2 aliphatic heterocycles. The normalized spacial score (nSPS) is 18.6. The second kappa shape index (κ2) is 10.4. The molecule has 0 aromatic carbocycles. The number of pyridine rings is 1. The van der Waals surface area contributed by atoms with Crippen molar-refractivity contribution < 1.29 is 14.3 Å². The predicted molar refractivity (Wildman–Crippen MR) is 154 cm³/mol. The van der Waals surface area contributed by atoms with E-state index in [2.05, 4.69) is 20.2 Å². The monoisotopic (exact) mass is 568 g/mol. The van der Waals surface area contributed by atoms with Gasteiger partial charge in [-0.3, -0.25) is 4.79 Å². The lowest BCUT2D eigenvalue weighted by molar-refractivity contribution is -0.127. The first-order valence-corrected chi connectivity index (χ1v) is 14.0. The van der Waals surface area contributed by atoms with Crippen LogP contribution in [0.25, 0.3) is 5.65 Å². The number of carbonyl (C=O) groups is 2. The number of hydrogen-bond acceptors (Lipinski definition) is 8. The molecule has 1 N–H and O–H groups in total. The molecule has 11 nitrogen and oxygen atoms in total. The Balaban J connectivity index is 1.21. The molecule has 2 saturated heterocycles. The highest BCUT2D eigenvalue weighted by Gasteiger charge is 2.38. The third-order valence-corrected chi connectivity index (χ3v) is 7.56. The van der Waals surface area contributed by atoms with Gasteiger partial charge in [-0.2, -0.15) is 4.98 Å². The van der Waals surface area contributed by atoms with Gasteiger partial charge in [0.05, 0.1) is 29.5 Å². The Kier molecular flexibility index (Phi) is 7.28. The first-order chi connectivity index (χ1) is 18.8. The number of aromatic nitrogens is 4. The number of nitrogens with one attached hydrogen (secondary N) is 1. The highest BCUT2D eigenvalue weighted by Crippen LogP contribution is 2.32. The van der Waals surface area contributed by atoms with E-state index in [4.69, 9.17) is 21.3 Å². The third-order valence-electron chi connectivity index (χ3n) is 7.29. The summed E-state index contributed by atoms with van der Waals surface area (Å²) in [6, 6.07) is 5.81. The van der Waals surface area contributed by atoms with Crippen molar-refractivity contribution in [3.8, 4) is 0 Å². The van der Waals surface area contributed by atoms with Crippen molar-refractivity contribution in [2.75, 3.05) is 42.5 Å². The number of anilines is 2. The standard InChI is InChI=1S/C28H37ClN8O3/c1-18-15-34(26(39)40-27(2,3)4)11-12-36(18)25-31-13-20(29)23(32-25)35-16-19(17-35)24(38)33-28(5,6)21-14-30-22-9-7-8-10-37(21)22/h7-10,13-14,18-19H,11-12,15-17H2,1-6H3,(H,33,38)/t18-/m1/s1. The van der Waals surface area contributed by atoms with Crippen LogP contribution in [-0.2, 0) is 15.1 Å². The number of hydrogen-bond donors (Lipinski definition) is 1. The van der Waals surface area contributed by atoms with Crippen LogP contribution in [0.15, 0.2) is 36.8 Å². The fourth-order valence-electron chi connectivity index (χ4n) is 5.14. The van der Waals surface area contributed by atoms with Gasteiger partial charge in [0, 0.05) is 45.0 Å². The number of halogens is 1. The van der Waals surface area contributed by atoms with Crippen LogP contribution in [-0.4, -0.2) is 80.6 Å². The van der Waals surface area contributed by atoms with E-state index in [0.717, 1.165) is 11.3 Å². The van der Waals surface area contributed by atoms with Crippen LogP contribution in [0.3, 0.4) is 0 Å². The molecular weight excluding hydrogens is 532 g/mol. The molecule has 2 aliphatic rings. The number of nitrogens with zero attached hydrogens (tertiary/aromatic N) is 7. The van der Waals surface area contributed by atoms with Crippen molar-refractivity contribution in [2.24, 2.45) is 5.92 Å². The smallest absolute Gasteiger partial charge is 0.410 e. The first-order valence-electron chi connectivity index (χ1n) is 13.6. The molecule has 40 heavy (non-hydrogen) atoms. The van der Waals surface area contributed by atoms with Crippen molar-refractivity contribution in [3.05, 3.63) is 47.5 Å². The van der Waals surface area contributed by atoms with Gasteiger partial charge in [0.2, 0.25) is 11.9 Å². The molecule has 5 rings (SSSR count). The molecule has 3 aromatic heterocycles. The van der Waals surface area contributed by atoms with Crippen LogP contribution in [0.1, 0.15) is 47.2 Å². The minimum absolute atomic E-state index is 0.00734. The average molecular weight is 569 g/mol. The molecule has 0 saturated carbocycles. The van der Waals surface area contributed by atoms with Gasteiger partial charge in [-0.25, -0.2) is 14.8 Å². The molecule has 0 spiro atoms. The Hall–Kier alpha value is -3.60. The summed E-state index contributed by atoms with van der Waals surface area (Å²) in [7, 11) is 0. The summed E-state index contributed by atoms with van der Waals surface area (Å²) in [6.45, 7) is 14.2. The molecule has 2 amide bonds. The minimum Gasteiger partial charge on any atom is -0.444 e. The maximum atomic E-state index is 13.2. The van der Waals surface area contributed by atoms with Crippen molar-refractivity contribution in [1.82, 2.24) is 29.6 Å². The summed E-state index contributed by atoms with van der Waals surface area (Å²) in [6.07, 6.45) is 5.04. The van der Waals surface area contributed by atoms with Gasteiger partial charge in [-0.05, 0) is 53.7 Å². The number of ether oxygens (including phenoxy) is 1.